The third-order valence-electron chi connectivity index (χ3n) is 7.42. The van der Waals surface area contributed by atoms with Crippen molar-refractivity contribution in [2.75, 3.05) is 18.1 Å². The molecule has 0 radical (unpaired) electrons. The Labute approximate surface area is 229 Å². The number of primary amides is 2. The highest BCUT2D eigenvalue weighted by Gasteiger charge is 2.40. The molecule has 0 aromatic heterocycles. The molecule has 2 aromatic carbocycles. The predicted molar refractivity (Wildman–Crippen MR) is 148 cm³/mol. The lowest BCUT2D eigenvalue weighted by atomic mass is 10.0. The third kappa shape index (κ3) is 7.66. The van der Waals surface area contributed by atoms with Crippen molar-refractivity contribution in [1.29, 1.82) is 0 Å². The van der Waals surface area contributed by atoms with Crippen molar-refractivity contribution in [3.05, 3.63) is 64.7 Å². The summed E-state index contributed by atoms with van der Waals surface area (Å²) in [5.74, 6) is -1.000. The van der Waals surface area contributed by atoms with E-state index in [1.165, 1.54) is 5.56 Å². The lowest BCUT2D eigenvalue weighted by molar-refractivity contribution is -0.127. The van der Waals surface area contributed by atoms with Crippen molar-refractivity contribution in [2.45, 2.75) is 76.3 Å². The number of hydrogen-bond acceptors (Lipinski definition) is 5. The number of para-hydroxylation sites is 1. The minimum absolute atomic E-state index is 0.0234. The number of carbonyl (C=O) groups excluding carboxylic acids is 4. The first kappa shape index (κ1) is 28.3. The molecule has 39 heavy (non-hydrogen) atoms. The van der Waals surface area contributed by atoms with Gasteiger partial charge < -0.3 is 21.5 Å². The first-order chi connectivity index (χ1) is 18.8. The van der Waals surface area contributed by atoms with Crippen LogP contribution < -0.4 is 21.7 Å². The van der Waals surface area contributed by atoms with Gasteiger partial charge in [0.05, 0.1) is 18.3 Å². The number of rotatable bonds is 14. The summed E-state index contributed by atoms with van der Waals surface area (Å²) in [6.45, 7) is 0.749. The van der Waals surface area contributed by atoms with E-state index in [0.717, 1.165) is 48.1 Å². The van der Waals surface area contributed by atoms with Crippen LogP contribution in [0.25, 0.3) is 0 Å². The smallest absolute Gasteiger partial charge is 0.243 e. The van der Waals surface area contributed by atoms with Gasteiger partial charge in [-0.05, 0) is 60.8 Å². The largest absolute Gasteiger partial charge is 0.379 e. The van der Waals surface area contributed by atoms with Crippen molar-refractivity contribution < 1.29 is 23.9 Å². The molecule has 0 spiro atoms. The van der Waals surface area contributed by atoms with Crippen LogP contribution in [-0.4, -0.2) is 48.9 Å². The van der Waals surface area contributed by atoms with Gasteiger partial charge in [-0.1, -0.05) is 42.5 Å². The molecule has 2 atom stereocenters. The second-order valence-corrected chi connectivity index (χ2v) is 10.4. The van der Waals surface area contributed by atoms with Gasteiger partial charge in [-0.2, -0.15) is 0 Å². The highest BCUT2D eigenvalue weighted by molar-refractivity contribution is 6.04. The van der Waals surface area contributed by atoms with Crippen LogP contribution in [0, 0.1) is 0 Å². The molecule has 0 saturated carbocycles. The van der Waals surface area contributed by atoms with Gasteiger partial charge in [0.1, 0.15) is 6.04 Å². The van der Waals surface area contributed by atoms with Gasteiger partial charge in [0.2, 0.25) is 23.6 Å². The van der Waals surface area contributed by atoms with E-state index in [2.05, 4.69) is 5.32 Å². The first-order valence-electron chi connectivity index (χ1n) is 13.8. The fourth-order valence-corrected chi connectivity index (χ4v) is 5.39. The van der Waals surface area contributed by atoms with Gasteiger partial charge in [0.25, 0.3) is 0 Å². The minimum atomic E-state index is -0.603. The summed E-state index contributed by atoms with van der Waals surface area (Å²) in [5, 5.41) is 3.03. The molecule has 2 heterocycles. The van der Waals surface area contributed by atoms with Gasteiger partial charge >= 0.3 is 0 Å². The zero-order chi connectivity index (χ0) is 27.8. The Hall–Kier alpha value is -3.72. The maximum atomic E-state index is 13.4. The first-order valence-corrected chi connectivity index (χ1v) is 13.8. The van der Waals surface area contributed by atoms with Crippen LogP contribution in [0.5, 0.6) is 0 Å². The van der Waals surface area contributed by atoms with E-state index in [-0.39, 0.29) is 36.8 Å². The molecule has 4 amide bonds. The quantitative estimate of drug-likeness (QED) is 0.318. The Bertz CT molecular complexity index is 1200. The summed E-state index contributed by atoms with van der Waals surface area (Å²) in [6.07, 6.45) is 5.59. The van der Waals surface area contributed by atoms with Crippen molar-refractivity contribution in [2.24, 2.45) is 11.5 Å². The van der Waals surface area contributed by atoms with Crippen LogP contribution >= 0.6 is 0 Å². The van der Waals surface area contributed by atoms with E-state index in [1.54, 1.807) is 4.90 Å². The standard InChI is InChI=1S/C30H38N4O5/c31-26(35)15-13-21-11-9-20(10-12-21)4-3-17-39-19-24(14-16-27(32)36)33-30(38)25-18-23-7-1-5-22-6-2-8-28(37)34(25)29(22)23/h1,5,7,9-12,24-25H,2-4,6,8,13-19H2,(H2,31,35)(H2,32,36)(H,33,38)/t24-,25-/m0/s1. The normalized spacial score (nSPS) is 16.9. The SMILES string of the molecule is NC(=O)CCc1ccc(CCCOC[C@H](CCC(N)=O)NC(=O)[C@@H]2Cc3cccc4c3N2C(=O)CCC4)cc1. The highest BCUT2D eigenvalue weighted by atomic mass is 16.5. The number of aryl methyl sites for hydroxylation is 3. The van der Waals surface area contributed by atoms with Crippen LogP contribution in [-0.2, 0) is 49.6 Å². The van der Waals surface area contributed by atoms with Crippen molar-refractivity contribution >= 4 is 29.3 Å². The van der Waals surface area contributed by atoms with Gasteiger partial charge in [0.15, 0.2) is 0 Å². The molecule has 9 nitrogen and oxygen atoms in total. The molecule has 2 aromatic rings. The molecule has 2 aliphatic rings. The zero-order valence-corrected chi connectivity index (χ0v) is 22.3. The maximum Gasteiger partial charge on any atom is 0.243 e. The summed E-state index contributed by atoms with van der Waals surface area (Å²) >= 11 is 0. The molecule has 0 saturated heterocycles. The van der Waals surface area contributed by atoms with Crippen molar-refractivity contribution in [3.63, 3.8) is 0 Å². The van der Waals surface area contributed by atoms with E-state index in [0.29, 0.717) is 38.7 Å². The van der Waals surface area contributed by atoms with Crippen LogP contribution in [0.2, 0.25) is 0 Å². The lowest BCUT2D eigenvalue weighted by Crippen LogP contribution is -2.51. The monoisotopic (exact) mass is 534 g/mol. The fourth-order valence-electron chi connectivity index (χ4n) is 5.39. The van der Waals surface area contributed by atoms with Crippen molar-refractivity contribution in [3.8, 4) is 0 Å². The molecular weight excluding hydrogens is 496 g/mol. The van der Waals surface area contributed by atoms with Crippen LogP contribution in [0.1, 0.15) is 60.8 Å². The van der Waals surface area contributed by atoms with Gasteiger partial charge in [0, 0.05) is 32.3 Å². The number of anilines is 1. The molecule has 0 aliphatic carbocycles. The second-order valence-electron chi connectivity index (χ2n) is 10.4. The number of amides is 4. The zero-order valence-electron chi connectivity index (χ0n) is 22.3. The van der Waals surface area contributed by atoms with Crippen molar-refractivity contribution in [1.82, 2.24) is 5.32 Å². The van der Waals surface area contributed by atoms with Crippen LogP contribution in [0.3, 0.4) is 0 Å². The maximum absolute atomic E-state index is 13.4. The lowest BCUT2D eigenvalue weighted by Gasteiger charge is -2.27. The third-order valence-corrected chi connectivity index (χ3v) is 7.42. The highest BCUT2D eigenvalue weighted by Crippen LogP contribution is 2.38. The molecule has 208 valence electrons. The Kier molecular flexibility index (Phi) is 9.70. The Balaban J connectivity index is 1.29. The number of benzene rings is 2. The number of hydrogen-bond donors (Lipinski definition) is 3. The molecule has 4 rings (SSSR count). The predicted octanol–water partition coefficient (Wildman–Crippen LogP) is 2.10. The van der Waals surface area contributed by atoms with Crippen LogP contribution in [0.15, 0.2) is 42.5 Å². The molecule has 2 aliphatic heterocycles. The van der Waals surface area contributed by atoms with E-state index in [1.807, 2.05) is 42.5 Å². The van der Waals surface area contributed by atoms with Gasteiger partial charge in [-0.25, -0.2) is 0 Å². The molecular formula is C30H38N4O5. The summed E-state index contributed by atoms with van der Waals surface area (Å²) in [7, 11) is 0. The van der Waals surface area contributed by atoms with E-state index in [9.17, 15) is 19.2 Å². The Morgan fingerprint density at radius 3 is 2.36 bits per heavy atom. The number of nitrogens with one attached hydrogen (secondary N) is 1. The fraction of sp³-hybridized carbons (Fsp3) is 0.467. The average molecular weight is 535 g/mol. The minimum Gasteiger partial charge on any atom is -0.379 e. The number of nitrogens with two attached hydrogens (primary N) is 2. The summed E-state index contributed by atoms with van der Waals surface area (Å²) < 4.78 is 5.89. The van der Waals surface area contributed by atoms with Crippen LogP contribution in [0.4, 0.5) is 5.69 Å². The molecule has 0 fully saturated rings. The number of nitrogens with zero attached hydrogens (tertiary/aromatic N) is 1. The second kappa shape index (κ2) is 13.4. The Morgan fingerprint density at radius 2 is 1.64 bits per heavy atom. The summed E-state index contributed by atoms with van der Waals surface area (Å²) in [4.78, 5) is 50.4. The molecule has 0 bridgehead atoms. The molecule has 9 heteroatoms. The summed E-state index contributed by atoms with van der Waals surface area (Å²) in [6, 6.07) is 13.1. The van der Waals surface area contributed by atoms with E-state index in [4.69, 9.17) is 16.2 Å². The topological polar surface area (TPSA) is 145 Å². The van der Waals surface area contributed by atoms with Gasteiger partial charge in [-0.15, -0.1) is 0 Å². The Morgan fingerprint density at radius 1 is 0.949 bits per heavy atom. The molecule has 5 N–H and O–H groups in total. The van der Waals surface area contributed by atoms with E-state index < -0.39 is 11.9 Å². The number of ether oxygens (including phenoxy) is 1. The van der Waals surface area contributed by atoms with Gasteiger partial charge in [-0.3, -0.25) is 24.1 Å². The number of carbonyl (C=O) groups is 4. The van der Waals surface area contributed by atoms with E-state index >= 15 is 0 Å². The summed E-state index contributed by atoms with van der Waals surface area (Å²) in [5.41, 5.74) is 15.9. The molecule has 0 unspecified atom stereocenters. The average Bonchev–Trinajstić information content (AvgIpc) is 3.23.